The second-order valence-corrected chi connectivity index (χ2v) is 4.75. The van der Waals surface area contributed by atoms with Gasteiger partial charge in [0.1, 0.15) is 10.5 Å². The molecule has 0 unspecified atom stereocenters. The number of benzene rings is 1. The van der Waals surface area contributed by atoms with E-state index in [1.54, 1.807) is 18.0 Å². The Bertz CT molecular complexity index is 691. The van der Waals surface area contributed by atoms with Gasteiger partial charge < -0.3 is 0 Å². The molecule has 0 fully saturated rings. The van der Waals surface area contributed by atoms with Gasteiger partial charge in [0.25, 0.3) is 0 Å². The fourth-order valence-corrected chi connectivity index (χ4v) is 2.64. The molecule has 0 spiro atoms. The minimum atomic E-state index is 0.885. The summed E-state index contributed by atoms with van der Waals surface area (Å²) in [7, 11) is 1.95. The Labute approximate surface area is 109 Å². The van der Waals surface area contributed by atoms with E-state index in [4.69, 9.17) is 0 Å². The third-order valence-electron chi connectivity index (χ3n) is 2.86. The minimum absolute atomic E-state index is 0.885. The molecule has 4 nitrogen and oxygen atoms in total. The number of aryl methyl sites for hydroxylation is 1. The smallest absolute Gasteiger partial charge is 0.130 e. The molecule has 18 heavy (non-hydrogen) atoms. The molecular weight excluding hydrogens is 244 g/mol. The second kappa shape index (κ2) is 4.42. The summed E-state index contributed by atoms with van der Waals surface area (Å²) in [5.41, 5.74) is 3.12. The van der Waals surface area contributed by atoms with Crippen LogP contribution in [0.3, 0.4) is 0 Å². The van der Waals surface area contributed by atoms with Gasteiger partial charge in [0.2, 0.25) is 0 Å². The monoisotopic (exact) mass is 256 g/mol. The Kier molecular flexibility index (Phi) is 2.76. The molecule has 90 valence electrons. The van der Waals surface area contributed by atoms with Gasteiger partial charge in [-0.2, -0.15) is 10.2 Å². The van der Waals surface area contributed by atoms with Gasteiger partial charge in [-0.25, -0.2) is 0 Å². The molecular formula is C13H12N4S. The maximum atomic E-state index is 4.50. The maximum Gasteiger partial charge on any atom is 0.130 e. The number of nitrogens with zero attached hydrogens (tertiary/aromatic N) is 4. The van der Waals surface area contributed by atoms with Crippen LogP contribution < -0.4 is 0 Å². The summed E-state index contributed by atoms with van der Waals surface area (Å²) in [5, 5.41) is 14.7. The van der Waals surface area contributed by atoms with Crippen molar-refractivity contribution >= 4 is 22.7 Å². The second-order valence-electron chi connectivity index (χ2n) is 3.95. The van der Waals surface area contributed by atoms with Crippen LogP contribution in [0.4, 0.5) is 0 Å². The van der Waals surface area contributed by atoms with E-state index in [0.29, 0.717) is 0 Å². The van der Waals surface area contributed by atoms with E-state index in [2.05, 4.69) is 27.4 Å². The minimum Gasteiger partial charge on any atom is -0.267 e. The molecule has 0 saturated carbocycles. The average molecular weight is 256 g/mol. The quantitative estimate of drug-likeness (QED) is 0.661. The molecule has 0 aliphatic rings. The summed E-state index contributed by atoms with van der Waals surface area (Å²) >= 11 is 1.59. The predicted molar refractivity (Wildman–Crippen MR) is 73.5 cm³/mol. The van der Waals surface area contributed by atoms with Crippen LogP contribution >= 0.6 is 11.8 Å². The summed E-state index contributed by atoms with van der Waals surface area (Å²) < 4.78 is 1.89. The Hall–Kier alpha value is -1.88. The molecule has 0 amide bonds. The lowest BCUT2D eigenvalue weighted by atomic mass is 10.1. The maximum absolute atomic E-state index is 4.50. The van der Waals surface area contributed by atoms with Crippen molar-refractivity contribution in [3.8, 4) is 11.3 Å². The van der Waals surface area contributed by atoms with E-state index < -0.39 is 0 Å². The van der Waals surface area contributed by atoms with E-state index in [1.165, 1.54) is 0 Å². The van der Waals surface area contributed by atoms with Crippen LogP contribution in [0.1, 0.15) is 0 Å². The number of fused-ring (bicyclic) bond motifs is 1. The molecule has 0 saturated heterocycles. The molecule has 2 heterocycles. The van der Waals surface area contributed by atoms with Crippen molar-refractivity contribution < 1.29 is 0 Å². The SMILES string of the molecule is CSc1nncc2nn(C)c(-c3ccccc3)c12. The molecule has 0 atom stereocenters. The van der Waals surface area contributed by atoms with Crippen molar-refractivity contribution in [1.82, 2.24) is 20.0 Å². The standard InChI is InChI=1S/C13H12N4S/c1-17-12(9-6-4-3-5-7-9)11-10(16-17)8-14-15-13(11)18-2/h3-8H,1-2H3. The third-order valence-corrected chi connectivity index (χ3v) is 3.53. The van der Waals surface area contributed by atoms with Crippen LogP contribution in [0.5, 0.6) is 0 Å². The van der Waals surface area contributed by atoms with Crippen molar-refractivity contribution in [3.63, 3.8) is 0 Å². The number of hydrogen-bond acceptors (Lipinski definition) is 4. The van der Waals surface area contributed by atoms with Gasteiger partial charge in [0.15, 0.2) is 0 Å². The molecule has 3 rings (SSSR count). The molecule has 0 bridgehead atoms. The normalized spacial score (nSPS) is 11.0. The molecule has 0 radical (unpaired) electrons. The fourth-order valence-electron chi connectivity index (χ4n) is 2.10. The van der Waals surface area contributed by atoms with Crippen molar-refractivity contribution in [2.75, 3.05) is 6.26 Å². The first-order valence-corrected chi connectivity index (χ1v) is 6.81. The Morgan fingerprint density at radius 1 is 1.17 bits per heavy atom. The van der Waals surface area contributed by atoms with Crippen LogP contribution in [-0.2, 0) is 7.05 Å². The Morgan fingerprint density at radius 3 is 2.67 bits per heavy atom. The number of thioether (sulfide) groups is 1. The number of hydrogen-bond donors (Lipinski definition) is 0. The van der Waals surface area contributed by atoms with Gasteiger partial charge in [-0.05, 0) is 6.26 Å². The van der Waals surface area contributed by atoms with Crippen molar-refractivity contribution in [2.45, 2.75) is 5.03 Å². The molecule has 0 aliphatic carbocycles. The van der Waals surface area contributed by atoms with Gasteiger partial charge in [0, 0.05) is 12.6 Å². The lowest BCUT2D eigenvalue weighted by Gasteiger charge is -2.04. The van der Waals surface area contributed by atoms with Crippen LogP contribution in [0.15, 0.2) is 41.6 Å². The summed E-state index contributed by atoms with van der Waals surface area (Å²) in [5.74, 6) is 0. The average Bonchev–Trinajstić information content (AvgIpc) is 2.75. The van der Waals surface area contributed by atoms with Gasteiger partial charge >= 0.3 is 0 Å². The summed E-state index contributed by atoms with van der Waals surface area (Å²) in [6, 6.07) is 10.2. The van der Waals surface area contributed by atoms with Gasteiger partial charge in [-0.1, -0.05) is 30.3 Å². The first-order valence-electron chi connectivity index (χ1n) is 5.59. The zero-order chi connectivity index (χ0) is 12.5. The largest absolute Gasteiger partial charge is 0.267 e. The molecule has 5 heteroatoms. The summed E-state index contributed by atoms with van der Waals surface area (Å²) in [6.45, 7) is 0. The zero-order valence-corrected chi connectivity index (χ0v) is 11.0. The van der Waals surface area contributed by atoms with Crippen molar-refractivity contribution in [1.29, 1.82) is 0 Å². The molecule has 0 N–H and O–H groups in total. The summed E-state index contributed by atoms with van der Waals surface area (Å²) in [4.78, 5) is 0. The van der Waals surface area contributed by atoms with Crippen LogP contribution in [0.2, 0.25) is 0 Å². The molecule has 2 aromatic heterocycles. The first-order chi connectivity index (χ1) is 8.81. The van der Waals surface area contributed by atoms with E-state index in [1.807, 2.05) is 36.2 Å². The van der Waals surface area contributed by atoms with E-state index in [9.17, 15) is 0 Å². The fraction of sp³-hybridized carbons (Fsp3) is 0.154. The lowest BCUT2D eigenvalue weighted by Crippen LogP contribution is -1.93. The predicted octanol–water partition coefficient (Wildman–Crippen LogP) is 2.75. The van der Waals surface area contributed by atoms with Crippen molar-refractivity contribution in [3.05, 3.63) is 36.5 Å². The zero-order valence-electron chi connectivity index (χ0n) is 10.2. The number of rotatable bonds is 2. The highest BCUT2D eigenvalue weighted by Gasteiger charge is 2.15. The van der Waals surface area contributed by atoms with Crippen LogP contribution in [-0.4, -0.2) is 26.2 Å². The number of aromatic nitrogens is 4. The molecule has 0 aliphatic heterocycles. The van der Waals surface area contributed by atoms with E-state index in [-0.39, 0.29) is 0 Å². The highest BCUT2D eigenvalue weighted by molar-refractivity contribution is 7.98. The molecule has 1 aromatic carbocycles. The van der Waals surface area contributed by atoms with Crippen molar-refractivity contribution in [2.24, 2.45) is 7.05 Å². The Morgan fingerprint density at radius 2 is 1.94 bits per heavy atom. The third kappa shape index (κ3) is 1.67. The summed E-state index contributed by atoms with van der Waals surface area (Å²) in [6.07, 6.45) is 3.72. The first kappa shape index (κ1) is 11.2. The van der Waals surface area contributed by atoms with E-state index >= 15 is 0 Å². The van der Waals surface area contributed by atoms with Gasteiger partial charge in [-0.3, -0.25) is 4.68 Å². The van der Waals surface area contributed by atoms with Crippen LogP contribution in [0, 0.1) is 0 Å². The highest BCUT2D eigenvalue weighted by Crippen LogP contribution is 2.32. The molecule has 3 aromatic rings. The highest BCUT2D eigenvalue weighted by atomic mass is 32.2. The lowest BCUT2D eigenvalue weighted by molar-refractivity contribution is 0.787. The topological polar surface area (TPSA) is 43.6 Å². The van der Waals surface area contributed by atoms with Gasteiger partial charge in [-0.15, -0.1) is 16.9 Å². The Balaban J connectivity index is 2.38. The van der Waals surface area contributed by atoms with Crippen LogP contribution in [0.25, 0.3) is 22.2 Å². The van der Waals surface area contributed by atoms with Gasteiger partial charge in [0.05, 0.1) is 17.3 Å². The van der Waals surface area contributed by atoms with E-state index in [0.717, 1.165) is 27.2 Å².